The van der Waals surface area contributed by atoms with Gasteiger partial charge in [-0.05, 0) is 32.3 Å². The molecule has 0 saturated heterocycles. The molecule has 0 spiro atoms. The summed E-state index contributed by atoms with van der Waals surface area (Å²) >= 11 is 0. The van der Waals surface area contributed by atoms with E-state index in [0.717, 1.165) is 0 Å². The van der Waals surface area contributed by atoms with Crippen LogP contribution in [0.1, 0.15) is 117 Å². The first-order valence-electron chi connectivity index (χ1n) is 19.1. The van der Waals surface area contributed by atoms with Crippen LogP contribution in [0.4, 0.5) is 0 Å². The van der Waals surface area contributed by atoms with Gasteiger partial charge < -0.3 is 0 Å². The standard InChI is InChI=1S/3C10H8.4C3H8.2C2H6N2.C2H6.3CH4/c3*1-2-6-10-8-4-3-7-9(10)5-1;4*1-3-2;2*1-3-4-2;1-2;;;/h3*1-8H;4*3H2,1-2H3;2*1-2H3;1-2H3;3*1H4. The van der Waals surface area contributed by atoms with Crippen LogP contribution in [0.2, 0.25) is 0 Å². The zero-order valence-electron chi connectivity index (χ0n) is 35.5. The Bertz CT molecular complexity index is 1200. The summed E-state index contributed by atoms with van der Waals surface area (Å²) in [5.41, 5.74) is 0. The van der Waals surface area contributed by atoms with E-state index in [0.29, 0.717) is 0 Å². The van der Waals surface area contributed by atoms with Crippen LogP contribution in [0.3, 0.4) is 0 Å². The van der Waals surface area contributed by atoms with Crippen LogP contribution in [-0.2, 0) is 0 Å². The van der Waals surface area contributed by atoms with Crippen LogP contribution < -0.4 is 0 Å². The van der Waals surface area contributed by atoms with Crippen molar-refractivity contribution in [3.05, 3.63) is 146 Å². The summed E-state index contributed by atoms with van der Waals surface area (Å²) in [6, 6.07) is 50.1. The highest BCUT2D eigenvalue weighted by atomic mass is 15.0. The molecule has 6 rings (SSSR count). The van der Waals surface area contributed by atoms with Gasteiger partial charge in [-0.2, -0.15) is 20.5 Å². The van der Waals surface area contributed by atoms with Crippen LogP contribution in [-0.4, -0.2) is 28.2 Å². The van der Waals surface area contributed by atoms with E-state index >= 15 is 0 Å². The van der Waals surface area contributed by atoms with Crippen molar-refractivity contribution in [1.82, 2.24) is 0 Å². The number of benzene rings is 6. The van der Waals surface area contributed by atoms with Gasteiger partial charge in [-0.3, -0.25) is 0 Å². The largest absolute Gasteiger partial charge is 0.198 e. The number of fused-ring (bicyclic) bond motifs is 3. The molecule has 0 aliphatic heterocycles. The molecule has 4 heteroatoms. The Labute approximate surface area is 342 Å². The predicted molar refractivity (Wildman–Crippen MR) is 261 cm³/mol. The van der Waals surface area contributed by atoms with Gasteiger partial charge in [0, 0.05) is 28.2 Å². The highest BCUT2D eigenvalue weighted by Gasteiger charge is 1.87. The third-order valence-corrected chi connectivity index (χ3v) is 5.38. The van der Waals surface area contributed by atoms with Gasteiger partial charge in [-0.1, -0.05) is 263 Å². The summed E-state index contributed by atoms with van der Waals surface area (Å²) in [6.07, 6.45) is 5.00. The fraction of sp³-hybridized carbons (Fsp3) is 0.412. The van der Waals surface area contributed by atoms with Gasteiger partial charge in [0.25, 0.3) is 0 Å². The van der Waals surface area contributed by atoms with Crippen molar-refractivity contribution < 1.29 is 0 Å². The summed E-state index contributed by atoms with van der Waals surface area (Å²) in [5, 5.41) is 21.3. The average molecular weight is 755 g/mol. The highest BCUT2D eigenvalue weighted by molar-refractivity contribution is 5.83. The first-order chi connectivity index (χ1) is 25.4. The van der Waals surface area contributed by atoms with Crippen molar-refractivity contribution in [2.75, 3.05) is 28.2 Å². The van der Waals surface area contributed by atoms with E-state index in [-0.39, 0.29) is 22.3 Å². The molecule has 0 aliphatic carbocycles. The van der Waals surface area contributed by atoms with E-state index in [1.54, 1.807) is 28.2 Å². The van der Waals surface area contributed by atoms with Crippen LogP contribution >= 0.6 is 0 Å². The van der Waals surface area contributed by atoms with E-state index < -0.39 is 0 Å². The smallest absolute Gasteiger partial charge is 0.0487 e. The Kier molecular flexibility index (Phi) is 66.4. The molecule has 0 saturated carbocycles. The van der Waals surface area contributed by atoms with E-state index in [9.17, 15) is 0 Å². The van der Waals surface area contributed by atoms with E-state index in [1.165, 1.54) is 58.0 Å². The molecule has 0 N–H and O–H groups in total. The minimum absolute atomic E-state index is 0. The topological polar surface area (TPSA) is 49.4 Å². The molecule has 0 radical (unpaired) electrons. The molecule has 0 amide bonds. The third kappa shape index (κ3) is 41.9. The van der Waals surface area contributed by atoms with Crippen LogP contribution in [0, 0.1) is 0 Å². The van der Waals surface area contributed by atoms with Crippen molar-refractivity contribution in [2.24, 2.45) is 20.5 Å². The predicted octanol–water partition coefficient (Wildman–Crippen LogP) is 18.5. The van der Waals surface area contributed by atoms with Gasteiger partial charge in [-0.25, -0.2) is 0 Å². The summed E-state index contributed by atoms with van der Waals surface area (Å²) in [6.45, 7) is 21.0. The van der Waals surface area contributed by atoms with E-state index in [1.807, 2.05) is 13.8 Å². The van der Waals surface area contributed by atoms with Gasteiger partial charge in [0.1, 0.15) is 0 Å². The number of nitrogens with zero attached hydrogens (tertiary/aromatic N) is 4. The lowest BCUT2D eigenvalue weighted by atomic mass is 10.1. The number of hydrogen-bond donors (Lipinski definition) is 0. The molecule has 0 unspecified atom stereocenters. The van der Waals surface area contributed by atoms with Crippen molar-refractivity contribution in [2.45, 2.75) is 117 Å². The fourth-order valence-corrected chi connectivity index (χ4v) is 3.40. The molecule has 0 bridgehead atoms. The molecule has 0 heterocycles. The average Bonchev–Trinajstić information content (AvgIpc) is 3.21. The first-order valence-corrected chi connectivity index (χ1v) is 19.1. The maximum Gasteiger partial charge on any atom is 0.0487 e. The Balaban J connectivity index is -0.0000000983. The first kappa shape index (κ1) is 65.2. The number of hydrogen-bond acceptors (Lipinski definition) is 4. The van der Waals surface area contributed by atoms with Gasteiger partial charge in [0.2, 0.25) is 0 Å². The Hall–Kier alpha value is -4.70. The summed E-state index contributed by atoms with van der Waals surface area (Å²) in [5.74, 6) is 0. The minimum atomic E-state index is 0. The second-order valence-electron chi connectivity index (χ2n) is 10.7. The summed E-state index contributed by atoms with van der Waals surface area (Å²) in [4.78, 5) is 0. The van der Waals surface area contributed by atoms with Gasteiger partial charge in [-0.15, -0.1) is 0 Å². The normalized spacial score (nSPS) is 8.25. The lowest BCUT2D eigenvalue weighted by molar-refractivity contribution is 1.09. The fourth-order valence-electron chi connectivity index (χ4n) is 3.40. The molecule has 0 aromatic heterocycles. The lowest BCUT2D eigenvalue weighted by Gasteiger charge is -1.92. The monoisotopic (exact) mass is 755 g/mol. The van der Waals surface area contributed by atoms with Crippen LogP contribution in [0.25, 0.3) is 32.3 Å². The highest BCUT2D eigenvalue weighted by Crippen LogP contribution is 2.12. The lowest BCUT2D eigenvalue weighted by Crippen LogP contribution is -1.67. The van der Waals surface area contributed by atoms with E-state index in [2.05, 4.69) is 221 Å². The van der Waals surface area contributed by atoms with Crippen LogP contribution in [0.5, 0.6) is 0 Å². The van der Waals surface area contributed by atoms with Crippen molar-refractivity contribution in [3.8, 4) is 0 Å². The zero-order valence-corrected chi connectivity index (χ0v) is 35.5. The molecular weight excluding hydrogens is 669 g/mol. The molecule has 55 heavy (non-hydrogen) atoms. The second kappa shape index (κ2) is 56.0. The Morgan fingerprint density at radius 2 is 0.327 bits per heavy atom. The number of rotatable bonds is 0. The second-order valence-corrected chi connectivity index (χ2v) is 10.7. The zero-order chi connectivity index (χ0) is 40.1. The molecular formula is C51H86N4. The van der Waals surface area contributed by atoms with Gasteiger partial charge >= 0.3 is 0 Å². The molecule has 0 fully saturated rings. The molecule has 4 nitrogen and oxygen atoms in total. The van der Waals surface area contributed by atoms with Crippen molar-refractivity contribution in [3.63, 3.8) is 0 Å². The Morgan fingerprint density at radius 1 is 0.255 bits per heavy atom. The van der Waals surface area contributed by atoms with Crippen LogP contribution in [0.15, 0.2) is 166 Å². The van der Waals surface area contributed by atoms with Crippen molar-refractivity contribution in [1.29, 1.82) is 0 Å². The molecule has 310 valence electrons. The minimum Gasteiger partial charge on any atom is -0.198 e. The van der Waals surface area contributed by atoms with Crippen molar-refractivity contribution >= 4 is 32.3 Å². The van der Waals surface area contributed by atoms with Gasteiger partial charge in [0.15, 0.2) is 0 Å². The molecule has 6 aromatic rings. The quantitative estimate of drug-likeness (QED) is 0.139. The third-order valence-electron chi connectivity index (χ3n) is 5.38. The van der Waals surface area contributed by atoms with E-state index in [4.69, 9.17) is 0 Å². The summed E-state index contributed by atoms with van der Waals surface area (Å²) in [7, 11) is 6.56. The number of azo groups is 2. The summed E-state index contributed by atoms with van der Waals surface area (Å²) < 4.78 is 0. The maximum atomic E-state index is 3.36. The molecule has 6 aromatic carbocycles. The maximum absolute atomic E-state index is 3.36. The molecule has 0 aliphatic rings. The molecule has 0 atom stereocenters. The van der Waals surface area contributed by atoms with Gasteiger partial charge in [0.05, 0.1) is 0 Å². The SMILES string of the molecule is C.C.C.CC.CCC.CCC.CCC.CCC.CN=NC.CN=NC.c1ccc2ccccc2c1.c1ccc2ccccc2c1.c1ccc2ccccc2c1. The Morgan fingerprint density at radius 3 is 0.382 bits per heavy atom.